The number of amides is 2. The average Bonchev–Trinajstić information content (AvgIpc) is 2.62. The molecule has 2 amide bonds. The maximum Gasteiger partial charge on any atom is 0.314 e. The van der Waals surface area contributed by atoms with E-state index in [1.165, 1.54) is 0 Å². The molecule has 0 aliphatic rings. The monoisotopic (exact) mass is 344 g/mol. The van der Waals surface area contributed by atoms with Gasteiger partial charge in [-0.15, -0.1) is 0 Å². The van der Waals surface area contributed by atoms with Crippen molar-refractivity contribution in [1.29, 1.82) is 0 Å². The molecule has 7 heteroatoms. The number of carbonyl (C=O) groups is 2. The van der Waals surface area contributed by atoms with Crippen LogP contribution in [-0.4, -0.2) is 11.8 Å². The molecule has 0 aliphatic heterocycles. The summed E-state index contributed by atoms with van der Waals surface area (Å²) in [4.78, 5) is 23.7. The van der Waals surface area contributed by atoms with Crippen LogP contribution in [0.4, 0.5) is 24.5 Å². The first kappa shape index (κ1) is 16.5. The molecule has 25 heavy (non-hydrogen) atoms. The number of fused-ring (bicyclic) bond motifs is 1. The van der Waals surface area contributed by atoms with Crippen molar-refractivity contribution < 1.29 is 22.8 Å². The number of hydrogen-bond donors (Lipinski definition) is 2. The maximum atomic E-state index is 13.5. The van der Waals surface area contributed by atoms with E-state index in [1.54, 1.807) is 18.2 Å². The Morgan fingerprint density at radius 1 is 0.720 bits per heavy atom. The van der Waals surface area contributed by atoms with Crippen LogP contribution in [0.3, 0.4) is 0 Å². The molecular formula is C18H11F3N2O2. The number of halogens is 3. The molecule has 0 fully saturated rings. The summed E-state index contributed by atoms with van der Waals surface area (Å²) >= 11 is 0. The van der Waals surface area contributed by atoms with Gasteiger partial charge < -0.3 is 10.6 Å². The minimum Gasteiger partial charge on any atom is -0.318 e. The fraction of sp³-hybridized carbons (Fsp3) is 0. The van der Waals surface area contributed by atoms with Gasteiger partial charge in [0.25, 0.3) is 0 Å². The van der Waals surface area contributed by atoms with E-state index in [4.69, 9.17) is 0 Å². The van der Waals surface area contributed by atoms with Crippen molar-refractivity contribution in [3.05, 3.63) is 72.0 Å². The molecule has 3 aromatic carbocycles. The first-order chi connectivity index (χ1) is 12.0. The standard InChI is InChI=1S/C18H11F3N2O2/c19-13-7-8-14(16(21)15(13)20)23-18(25)17(24)22-12-6-5-10-3-1-2-4-11(10)9-12/h1-9H,(H,22,24)(H,23,25). The molecule has 3 rings (SSSR count). The van der Waals surface area contributed by atoms with E-state index in [2.05, 4.69) is 5.32 Å². The minimum atomic E-state index is -1.73. The van der Waals surface area contributed by atoms with Gasteiger partial charge in [-0.05, 0) is 35.0 Å². The topological polar surface area (TPSA) is 58.2 Å². The Bertz CT molecular complexity index is 989. The van der Waals surface area contributed by atoms with Crippen LogP contribution in [0.5, 0.6) is 0 Å². The summed E-state index contributed by atoms with van der Waals surface area (Å²) in [5, 5.41) is 6.07. The zero-order chi connectivity index (χ0) is 18.0. The predicted molar refractivity (Wildman–Crippen MR) is 87.5 cm³/mol. The largest absolute Gasteiger partial charge is 0.318 e. The van der Waals surface area contributed by atoms with Gasteiger partial charge in [0.1, 0.15) is 0 Å². The lowest BCUT2D eigenvalue weighted by molar-refractivity contribution is -0.133. The highest BCUT2D eigenvalue weighted by atomic mass is 19.2. The Morgan fingerprint density at radius 2 is 1.40 bits per heavy atom. The molecule has 0 unspecified atom stereocenters. The number of rotatable bonds is 2. The first-order valence-electron chi connectivity index (χ1n) is 7.20. The molecule has 0 radical (unpaired) electrons. The second-order valence-electron chi connectivity index (χ2n) is 5.19. The average molecular weight is 344 g/mol. The lowest BCUT2D eigenvalue weighted by atomic mass is 10.1. The molecule has 126 valence electrons. The van der Waals surface area contributed by atoms with E-state index in [0.29, 0.717) is 11.8 Å². The minimum absolute atomic E-state index is 0.365. The summed E-state index contributed by atoms with van der Waals surface area (Å²) in [5.41, 5.74) is -0.262. The molecule has 0 aliphatic carbocycles. The lowest BCUT2D eigenvalue weighted by Gasteiger charge is -2.08. The van der Waals surface area contributed by atoms with Crippen LogP contribution in [0.25, 0.3) is 10.8 Å². The fourth-order valence-corrected chi connectivity index (χ4v) is 2.26. The normalized spacial score (nSPS) is 10.5. The zero-order valence-electron chi connectivity index (χ0n) is 12.6. The van der Waals surface area contributed by atoms with Gasteiger partial charge in [0.2, 0.25) is 0 Å². The van der Waals surface area contributed by atoms with Gasteiger partial charge in [-0.1, -0.05) is 30.3 Å². The number of carbonyl (C=O) groups excluding carboxylic acids is 2. The molecule has 0 heterocycles. The summed E-state index contributed by atoms with van der Waals surface area (Å²) < 4.78 is 39.5. The highest BCUT2D eigenvalue weighted by Crippen LogP contribution is 2.21. The van der Waals surface area contributed by atoms with Crippen LogP contribution in [0.1, 0.15) is 0 Å². The molecule has 4 nitrogen and oxygen atoms in total. The van der Waals surface area contributed by atoms with Crippen molar-refractivity contribution in [2.45, 2.75) is 0 Å². The van der Waals surface area contributed by atoms with Gasteiger partial charge in [0.05, 0.1) is 5.69 Å². The van der Waals surface area contributed by atoms with Crippen LogP contribution in [0.15, 0.2) is 54.6 Å². The van der Waals surface area contributed by atoms with E-state index < -0.39 is 35.0 Å². The van der Waals surface area contributed by atoms with Gasteiger partial charge in [-0.2, -0.15) is 0 Å². The van der Waals surface area contributed by atoms with E-state index in [-0.39, 0.29) is 0 Å². The SMILES string of the molecule is O=C(Nc1ccc2ccccc2c1)C(=O)Nc1ccc(F)c(F)c1F. The van der Waals surface area contributed by atoms with Crippen molar-refractivity contribution in [2.24, 2.45) is 0 Å². The predicted octanol–water partition coefficient (Wildman–Crippen LogP) is 3.83. The number of nitrogens with one attached hydrogen (secondary N) is 2. The molecule has 0 saturated carbocycles. The summed E-state index contributed by atoms with van der Waals surface area (Å²) in [6, 6.07) is 13.9. The van der Waals surface area contributed by atoms with Crippen LogP contribution in [0, 0.1) is 17.5 Å². The molecule has 0 atom stereocenters. The van der Waals surface area contributed by atoms with E-state index in [9.17, 15) is 22.8 Å². The van der Waals surface area contributed by atoms with Crippen molar-refractivity contribution >= 4 is 34.0 Å². The van der Waals surface area contributed by atoms with Crippen molar-refractivity contribution in [3.8, 4) is 0 Å². The summed E-state index contributed by atoms with van der Waals surface area (Å²) in [6.45, 7) is 0. The van der Waals surface area contributed by atoms with Gasteiger partial charge in [0, 0.05) is 5.69 Å². The van der Waals surface area contributed by atoms with Crippen molar-refractivity contribution in [2.75, 3.05) is 10.6 Å². The Morgan fingerprint density at radius 3 is 2.16 bits per heavy atom. The van der Waals surface area contributed by atoms with E-state index in [1.807, 2.05) is 29.6 Å². The number of anilines is 2. The molecule has 2 N–H and O–H groups in total. The van der Waals surface area contributed by atoms with Crippen molar-refractivity contribution in [3.63, 3.8) is 0 Å². The summed E-state index contributed by atoms with van der Waals surface area (Å²) in [7, 11) is 0. The Hall–Kier alpha value is -3.35. The smallest absolute Gasteiger partial charge is 0.314 e. The highest BCUT2D eigenvalue weighted by Gasteiger charge is 2.19. The number of benzene rings is 3. The summed E-state index contributed by atoms with van der Waals surface area (Å²) in [6.07, 6.45) is 0. The van der Waals surface area contributed by atoms with E-state index >= 15 is 0 Å². The Balaban J connectivity index is 1.74. The maximum absolute atomic E-state index is 13.5. The molecule has 0 aromatic heterocycles. The molecule has 0 bridgehead atoms. The first-order valence-corrected chi connectivity index (χ1v) is 7.20. The van der Waals surface area contributed by atoms with Crippen LogP contribution >= 0.6 is 0 Å². The van der Waals surface area contributed by atoms with Gasteiger partial charge in [-0.25, -0.2) is 13.2 Å². The third-order valence-electron chi connectivity index (χ3n) is 3.50. The van der Waals surface area contributed by atoms with Crippen molar-refractivity contribution in [1.82, 2.24) is 0 Å². The second kappa shape index (κ2) is 6.64. The molecule has 0 spiro atoms. The van der Waals surface area contributed by atoms with Crippen LogP contribution < -0.4 is 10.6 Å². The van der Waals surface area contributed by atoms with Crippen LogP contribution in [0.2, 0.25) is 0 Å². The van der Waals surface area contributed by atoms with Gasteiger partial charge in [-0.3, -0.25) is 9.59 Å². The van der Waals surface area contributed by atoms with E-state index in [0.717, 1.165) is 16.8 Å². The third kappa shape index (κ3) is 3.45. The van der Waals surface area contributed by atoms with Gasteiger partial charge in [0.15, 0.2) is 17.5 Å². The number of hydrogen-bond acceptors (Lipinski definition) is 2. The second-order valence-corrected chi connectivity index (χ2v) is 5.19. The fourth-order valence-electron chi connectivity index (χ4n) is 2.26. The van der Waals surface area contributed by atoms with Crippen LogP contribution in [-0.2, 0) is 9.59 Å². The summed E-state index contributed by atoms with van der Waals surface area (Å²) in [5.74, 6) is -6.98. The molecular weight excluding hydrogens is 333 g/mol. The lowest BCUT2D eigenvalue weighted by Crippen LogP contribution is -2.29. The Kier molecular flexibility index (Phi) is 4.38. The molecule has 0 saturated heterocycles. The Labute approximate surface area is 140 Å². The zero-order valence-corrected chi connectivity index (χ0v) is 12.6. The quantitative estimate of drug-likeness (QED) is 0.548. The third-order valence-corrected chi connectivity index (χ3v) is 3.50. The highest BCUT2D eigenvalue weighted by molar-refractivity contribution is 6.43. The molecule has 3 aromatic rings. The van der Waals surface area contributed by atoms with Gasteiger partial charge >= 0.3 is 11.8 Å².